The van der Waals surface area contributed by atoms with E-state index in [1.54, 1.807) is 17.8 Å². The monoisotopic (exact) mass is 707 g/mol. The number of halogens is 3. The van der Waals surface area contributed by atoms with Crippen molar-refractivity contribution in [3.63, 3.8) is 0 Å². The highest BCUT2D eigenvalue weighted by atomic mass is 32.2. The fourth-order valence-corrected chi connectivity index (χ4v) is 8.35. The van der Waals surface area contributed by atoms with E-state index in [0.29, 0.717) is 18.3 Å². The fraction of sp³-hybridized carbons (Fsp3) is 0.385. The molecule has 3 aliphatic rings. The highest BCUT2D eigenvalue weighted by Gasteiger charge is 2.33. The molecule has 262 valence electrons. The minimum atomic E-state index is -4.33. The normalized spacial score (nSPS) is 16.4. The van der Waals surface area contributed by atoms with E-state index < -0.39 is 11.7 Å². The average molecular weight is 708 g/mol. The largest absolute Gasteiger partial charge is 0.416 e. The molecule has 3 aliphatic heterocycles. The third-order valence-electron chi connectivity index (χ3n) is 9.27. The number of benzene rings is 4. The first-order chi connectivity index (χ1) is 23.1. The minimum Gasteiger partial charge on any atom is -0.340 e. The lowest BCUT2D eigenvalue weighted by Gasteiger charge is -2.36. The zero-order valence-electron chi connectivity index (χ0n) is 28.1. The second-order valence-electron chi connectivity index (χ2n) is 12.9. The van der Waals surface area contributed by atoms with Crippen LogP contribution in [0.25, 0.3) is 0 Å². The Balaban J connectivity index is 0.000000197. The van der Waals surface area contributed by atoms with E-state index in [0.717, 1.165) is 61.2 Å². The molecule has 0 aromatic heterocycles. The van der Waals surface area contributed by atoms with E-state index in [1.165, 1.54) is 33.3 Å². The summed E-state index contributed by atoms with van der Waals surface area (Å²) in [5, 5.41) is 0. The molecule has 4 aromatic rings. The third-order valence-corrected chi connectivity index (χ3v) is 11.5. The number of fused-ring (bicyclic) bond motifs is 4. The number of hydrogen-bond donors (Lipinski definition) is 0. The average Bonchev–Trinajstić information content (AvgIpc) is 3.08. The molecule has 0 N–H and O–H groups in total. The van der Waals surface area contributed by atoms with Crippen molar-refractivity contribution < 1.29 is 13.2 Å². The van der Waals surface area contributed by atoms with Gasteiger partial charge in [-0.05, 0) is 95.6 Å². The van der Waals surface area contributed by atoms with Crippen LogP contribution in [0.2, 0.25) is 0 Å². The number of likely N-dealkylation sites (N-methyl/N-ethyl adjacent to an activating group) is 2. The SMILES string of the molecule is C.CC(CN1c2ccccc2Sc2ccccc21)N(C)C.CN1CCN(CCCN2c3ccccc3Sc3ccc(C(F)(F)F)cc32)CC1. The van der Waals surface area contributed by atoms with E-state index >= 15 is 0 Å². The van der Waals surface area contributed by atoms with Crippen LogP contribution in [0.15, 0.2) is 111 Å². The van der Waals surface area contributed by atoms with Crippen molar-refractivity contribution in [1.29, 1.82) is 0 Å². The number of piperazine rings is 1. The Morgan fingerprint density at radius 3 is 1.67 bits per heavy atom. The van der Waals surface area contributed by atoms with Gasteiger partial charge in [-0.15, -0.1) is 0 Å². The van der Waals surface area contributed by atoms with Crippen molar-refractivity contribution in [2.24, 2.45) is 0 Å². The van der Waals surface area contributed by atoms with Gasteiger partial charge in [0.05, 0.1) is 28.3 Å². The van der Waals surface area contributed by atoms with Crippen LogP contribution in [0.5, 0.6) is 0 Å². The number of anilines is 4. The molecule has 1 unspecified atom stereocenters. The fourth-order valence-electron chi connectivity index (χ4n) is 6.18. The molecule has 1 saturated heterocycles. The Kier molecular flexibility index (Phi) is 12.3. The lowest BCUT2D eigenvalue weighted by atomic mass is 10.1. The highest BCUT2D eigenvalue weighted by Crippen LogP contribution is 2.50. The number of para-hydroxylation sites is 3. The summed E-state index contributed by atoms with van der Waals surface area (Å²) in [4.78, 5) is 16.2. The standard InChI is InChI=1S/C21H24F3N3S.C17H20N2S.CH4/c1-25-11-13-26(14-12-25)9-4-10-27-17-5-2-3-6-19(17)28-20-8-7-16(15-18(20)27)21(22,23)24;1-13(18(2)3)12-19-14-8-4-6-10-16(14)20-17-11-7-5-9-15(17)19;/h2-3,5-8,15H,4,9-14H2,1H3;4-11,13H,12H2,1-3H3;1H4. The predicted molar refractivity (Wildman–Crippen MR) is 201 cm³/mol. The summed E-state index contributed by atoms with van der Waals surface area (Å²) in [5.41, 5.74) is 3.72. The summed E-state index contributed by atoms with van der Waals surface area (Å²) < 4.78 is 39.8. The zero-order valence-corrected chi connectivity index (χ0v) is 29.7. The number of alkyl halides is 3. The lowest BCUT2D eigenvalue weighted by molar-refractivity contribution is -0.137. The van der Waals surface area contributed by atoms with Crippen LogP contribution in [-0.4, -0.2) is 87.7 Å². The Morgan fingerprint density at radius 1 is 0.673 bits per heavy atom. The third kappa shape index (κ3) is 8.78. The summed E-state index contributed by atoms with van der Waals surface area (Å²) in [5.74, 6) is 0. The van der Waals surface area contributed by atoms with Gasteiger partial charge in [-0.25, -0.2) is 0 Å². The van der Waals surface area contributed by atoms with Gasteiger partial charge in [0.15, 0.2) is 0 Å². The van der Waals surface area contributed by atoms with Crippen molar-refractivity contribution in [2.45, 2.75) is 52.6 Å². The van der Waals surface area contributed by atoms with Crippen molar-refractivity contribution >= 4 is 46.3 Å². The summed E-state index contributed by atoms with van der Waals surface area (Å²) in [6.45, 7) is 9.19. The summed E-state index contributed by atoms with van der Waals surface area (Å²) in [7, 11) is 6.41. The quantitative estimate of drug-likeness (QED) is 0.188. The van der Waals surface area contributed by atoms with Crippen molar-refractivity contribution in [3.05, 3.63) is 96.6 Å². The topological polar surface area (TPSA) is 16.2 Å². The molecule has 0 spiro atoms. The maximum Gasteiger partial charge on any atom is 0.416 e. The van der Waals surface area contributed by atoms with Crippen molar-refractivity contribution in [1.82, 2.24) is 14.7 Å². The second-order valence-corrected chi connectivity index (χ2v) is 15.0. The molecule has 7 rings (SSSR count). The number of rotatable bonds is 7. The molecule has 0 amide bonds. The van der Waals surface area contributed by atoms with E-state index in [9.17, 15) is 13.2 Å². The van der Waals surface area contributed by atoms with Crippen LogP contribution < -0.4 is 9.80 Å². The molecule has 1 fully saturated rings. The summed E-state index contributed by atoms with van der Waals surface area (Å²) in [6, 6.07) is 29.9. The molecular weight excluding hydrogens is 660 g/mol. The highest BCUT2D eigenvalue weighted by molar-refractivity contribution is 8.00. The first kappa shape index (κ1) is 37.1. The van der Waals surface area contributed by atoms with E-state index in [-0.39, 0.29) is 7.43 Å². The number of hydrogen-bond acceptors (Lipinski definition) is 7. The predicted octanol–water partition coefficient (Wildman–Crippen LogP) is 9.82. The minimum absolute atomic E-state index is 0. The number of nitrogens with zero attached hydrogens (tertiary/aromatic N) is 5. The maximum atomic E-state index is 13.3. The van der Waals surface area contributed by atoms with Crippen molar-refractivity contribution in [3.8, 4) is 0 Å². The van der Waals surface area contributed by atoms with Crippen molar-refractivity contribution in [2.75, 3.05) is 76.8 Å². The zero-order chi connectivity index (χ0) is 33.8. The molecule has 0 saturated carbocycles. The molecule has 4 aromatic carbocycles. The van der Waals surface area contributed by atoms with Crippen LogP contribution in [0.4, 0.5) is 35.9 Å². The Bertz CT molecular complexity index is 1640. The van der Waals surface area contributed by atoms with Gasteiger partial charge in [-0.1, -0.05) is 67.3 Å². The molecule has 0 bridgehead atoms. The molecule has 10 heteroatoms. The second kappa shape index (κ2) is 16.2. The summed E-state index contributed by atoms with van der Waals surface area (Å²) in [6.07, 6.45) is -3.42. The van der Waals surface area contributed by atoms with Gasteiger partial charge in [0.1, 0.15) is 0 Å². The van der Waals surface area contributed by atoms with Crippen LogP contribution >= 0.6 is 23.5 Å². The molecule has 49 heavy (non-hydrogen) atoms. The molecule has 0 aliphatic carbocycles. The van der Waals surface area contributed by atoms with Gasteiger partial charge in [0.2, 0.25) is 0 Å². The maximum absolute atomic E-state index is 13.3. The molecule has 1 atom stereocenters. The molecule has 0 radical (unpaired) electrons. The van der Waals surface area contributed by atoms with E-state index in [2.05, 4.69) is 101 Å². The van der Waals surface area contributed by atoms with Crippen LogP contribution in [-0.2, 0) is 6.18 Å². The molecular formula is C39H48F3N5S2. The smallest absolute Gasteiger partial charge is 0.340 e. The first-order valence-corrected chi connectivity index (χ1v) is 18.2. The molecule has 5 nitrogen and oxygen atoms in total. The Labute approximate surface area is 299 Å². The Hall–Kier alpha value is -3.15. The van der Waals surface area contributed by atoms with Gasteiger partial charge < -0.3 is 24.5 Å². The van der Waals surface area contributed by atoms with Crippen LogP contribution in [0.3, 0.4) is 0 Å². The van der Waals surface area contributed by atoms with Crippen LogP contribution in [0.1, 0.15) is 26.3 Å². The van der Waals surface area contributed by atoms with Gasteiger partial charge in [0.25, 0.3) is 0 Å². The van der Waals surface area contributed by atoms with Gasteiger partial charge in [-0.2, -0.15) is 13.2 Å². The van der Waals surface area contributed by atoms with E-state index in [1.807, 2.05) is 36.0 Å². The van der Waals surface area contributed by atoms with Gasteiger partial charge >= 0.3 is 6.18 Å². The van der Waals surface area contributed by atoms with Gasteiger partial charge in [0, 0.05) is 64.9 Å². The lowest BCUT2D eigenvalue weighted by Crippen LogP contribution is -2.45. The summed E-state index contributed by atoms with van der Waals surface area (Å²) >= 11 is 3.41. The first-order valence-electron chi connectivity index (χ1n) is 16.5. The van der Waals surface area contributed by atoms with E-state index in [4.69, 9.17) is 0 Å². The Morgan fingerprint density at radius 2 is 1.16 bits per heavy atom. The van der Waals surface area contributed by atoms with Gasteiger partial charge in [-0.3, -0.25) is 0 Å². The van der Waals surface area contributed by atoms with Crippen LogP contribution in [0, 0.1) is 0 Å². The molecule has 3 heterocycles.